The average Bonchev–Trinajstić information content (AvgIpc) is 2.10. The molecule has 2 heteroatoms. The highest BCUT2D eigenvalue weighted by Gasteiger charge is 2.10. The van der Waals surface area contributed by atoms with Gasteiger partial charge in [0.1, 0.15) is 0 Å². The van der Waals surface area contributed by atoms with Crippen LogP contribution in [0.5, 0.6) is 0 Å². The van der Waals surface area contributed by atoms with E-state index in [9.17, 15) is 5.11 Å². The minimum absolute atomic E-state index is 0.452. The second-order valence-electron chi connectivity index (χ2n) is 3.02. The summed E-state index contributed by atoms with van der Waals surface area (Å²) in [6.07, 6.45) is 1.85. The van der Waals surface area contributed by atoms with E-state index in [0.717, 1.165) is 15.6 Å². The molecule has 0 aliphatic heterocycles. The first kappa shape index (κ1) is 10.5. The van der Waals surface area contributed by atoms with E-state index < -0.39 is 6.10 Å². The zero-order valence-corrected chi connectivity index (χ0v) is 9.21. The first-order valence-electron chi connectivity index (χ1n) is 4.20. The van der Waals surface area contributed by atoms with Crippen molar-refractivity contribution < 1.29 is 5.11 Å². The molecule has 1 atom stereocenters. The second kappa shape index (κ2) is 4.58. The van der Waals surface area contributed by atoms with Crippen LogP contribution in [-0.4, -0.2) is 5.11 Å². The summed E-state index contributed by atoms with van der Waals surface area (Å²) in [5.74, 6) is 0. The average molecular weight is 241 g/mol. The predicted molar refractivity (Wildman–Crippen MR) is 58.7 cm³/mol. The number of hydrogen-bond donors (Lipinski definition) is 1. The molecule has 0 radical (unpaired) electrons. The zero-order valence-electron chi connectivity index (χ0n) is 7.63. The van der Waals surface area contributed by atoms with Crippen molar-refractivity contribution in [3.05, 3.63) is 46.5 Å². The first-order chi connectivity index (χ1) is 6.16. The molecular formula is C11H13BrO. The lowest BCUT2D eigenvalue weighted by Crippen LogP contribution is -1.97. The molecule has 0 heterocycles. The number of rotatable bonds is 3. The molecule has 70 valence electrons. The number of aryl methyl sites for hydroxylation is 1. The minimum Gasteiger partial charge on any atom is -0.388 e. The van der Waals surface area contributed by atoms with Crippen molar-refractivity contribution >= 4 is 15.9 Å². The van der Waals surface area contributed by atoms with E-state index >= 15 is 0 Å². The Bertz CT molecular complexity index is 307. The summed E-state index contributed by atoms with van der Waals surface area (Å²) >= 11 is 3.46. The molecule has 0 aliphatic carbocycles. The third kappa shape index (κ3) is 2.42. The van der Waals surface area contributed by atoms with Crippen molar-refractivity contribution in [3.63, 3.8) is 0 Å². The normalized spacial score (nSPS) is 12.5. The SMILES string of the molecule is C=CCC(O)c1cccc(C)c1Br. The maximum absolute atomic E-state index is 9.72. The van der Waals surface area contributed by atoms with Gasteiger partial charge in [-0.3, -0.25) is 0 Å². The standard InChI is InChI=1S/C11H13BrO/c1-3-5-10(13)9-7-4-6-8(2)11(9)12/h3-4,6-7,10,13H,1,5H2,2H3. The third-order valence-corrected chi connectivity index (χ3v) is 3.05. The fourth-order valence-corrected chi connectivity index (χ4v) is 1.74. The molecule has 1 unspecified atom stereocenters. The number of aliphatic hydroxyl groups excluding tert-OH is 1. The van der Waals surface area contributed by atoms with Crippen molar-refractivity contribution in [1.29, 1.82) is 0 Å². The Morgan fingerprint density at radius 2 is 2.31 bits per heavy atom. The summed E-state index contributed by atoms with van der Waals surface area (Å²) in [6, 6.07) is 5.88. The molecule has 1 aromatic rings. The van der Waals surface area contributed by atoms with Crippen LogP contribution in [0.4, 0.5) is 0 Å². The first-order valence-corrected chi connectivity index (χ1v) is 5.00. The third-order valence-electron chi connectivity index (χ3n) is 1.97. The monoisotopic (exact) mass is 240 g/mol. The van der Waals surface area contributed by atoms with Gasteiger partial charge in [0, 0.05) is 4.47 Å². The predicted octanol–water partition coefficient (Wildman–Crippen LogP) is 3.37. The Hall–Kier alpha value is -0.600. The van der Waals surface area contributed by atoms with Crippen LogP contribution in [0.1, 0.15) is 23.7 Å². The Balaban J connectivity index is 3.00. The summed E-state index contributed by atoms with van der Waals surface area (Å²) < 4.78 is 0.990. The van der Waals surface area contributed by atoms with Crippen LogP contribution in [0.3, 0.4) is 0 Å². The molecule has 0 aromatic heterocycles. The van der Waals surface area contributed by atoms with E-state index in [4.69, 9.17) is 0 Å². The molecule has 13 heavy (non-hydrogen) atoms. The molecular weight excluding hydrogens is 228 g/mol. The molecule has 0 saturated carbocycles. The Labute approximate surface area is 87.2 Å². The van der Waals surface area contributed by atoms with Crippen LogP contribution in [0, 0.1) is 6.92 Å². The molecule has 1 aromatic carbocycles. The fraction of sp³-hybridized carbons (Fsp3) is 0.273. The van der Waals surface area contributed by atoms with E-state index in [1.54, 1.807) is 6.08 Å². The quantitative estimate of drug-likeness (QED) is 0.804. The van der Waals surface area contributed by atoms with Gasteiger partial charge in [0.05, 0.1) is 6.10 Å². The lowest BCUT2D eigenvalue weighted by Gasteiger charge is -2.11. The van der Waals surface area contributed by atoms with Crippen molar-refractivity contribution in [2.75, 3.05) is 0 Å². The van der Waals surface area contributed by atoms with Gasteiger partial charge in [-0.1, -0.05) is 40.2 Å². The van der Waals surface area contributed by atoms with Crippen LogP contribution >= 0.6 is 15.9 Å². The minimum atomic E-state index is -0.452. The van der Waals surface area contributed by atoms with Crippen LogP contribution in [0.15, 0.2) is 35.3 Å². The van der Waals surface area contributed by atoms with Crippen LogP contribution in [-0.2, 0) is 0 Å². The number of benzene rings is 1. The van der Waals surface area contributed by atoms with Crippen molar-refractivity contribution in [2.45, 2.75) is 19.4 Å². The highest BCUT2D eigenvalue weighted by molar-refractivity contribution is 9.10. The maximum Gasteiger partial charge on any atom is 0.0835 e. The molecule has 1 nitrogen and oxygen atoms in total. The second-order valence-corrected chi connectivity index (χ2v) is 3.81. The smallest absolute Gasteiger partial charge is 0.0835 e. The van der Waals surface area contributed by atoms with Gasteiger partial charge in [0.2, 0.25) is 0 Å². The highest BCUT2D eigenvalue weighted by Crippen LogP contribution is 2.28. The van der Waals surface area contributed by atoms with E-state index in [-0.39, 0.29) is 0 Å². The fourth-order valence-electron chi connectivity index (χ4n) is 1.21. The Morgan fingerprint density at radius 1 is 1.62 bits per heavy atom. The molecule has 0 amide bonds. The Kier molecular flexibility index (Phi) is 3.70. The summed E-state index contributed by atoms with van der Waals surface area (Å²) in [7, 11) is 0. The van der Waals surface area contributed by atoms with Gasteiger partial charge in [-0.15, -0.1) is 6.58 Å². The molecule has 0 spiro atoms. The molecule has 0 bridgehead atoms. The lowest BCUT2D eigenvalue weighted by atomic mass is 10.0. The van der Waals surface area contributed by atoms with E-state index in [0.29, 0.717) is 6.42 Å². The summed E-state index contributed by atoms with van der Waals surface area (Å²) in [4.78, 5) is 0. The summed E-state index contributed by atoms with van der Waals surface area (Å²) in [5.41, 5.74) is 2.07. The van der Waals surface area contributed by atoms with Gasteiger partial charge in [-0.2, -0.15) is 0 Å². The zero-order chi connectivity index (χ0) is 9.84. The maximum atomic E-state index is 9.72. The summed E-state index contributed by atoms with van der Waals surface area (Å²) in [5, 5.41) is 9.72. The molecule has 0 fully saturated rings. The van der Waals surface area contributed by atoms with Gasteiger partial charge >= 0.3 is 0 Å². The molecule has 1 N–H and O–H groups in total. The number of halogens is 1. The van der Waals surface area contributed by atoms with Crippen molar-refractivity contribution in [2.24, 2.45) is 0 Å². The summed E-state index contributed by atoms with van der Waals surface area (Å²) in [6.45, 7) is 5.61. The lowest BCUT2D eigenvalue weighted by molar-refractivity contribution is 0.181. The number of aliphatic hydroxyl groups is 1. The van der Waals surface area contributed by atoms with Crippen molar-refractivity contribution in [1.82, 2.24) is 0 Å². The number of hydrogen-bond acceptors (Lipinski definition) is 1. The highest BCUT2D eigenvalue weighted by atomic mass is 79.9. The Morgan fingerprint density at radius 3 is 2.92 bits per heavy atom. The van der Waals surface area contributed by atoms with Crippen LogP contribution in [0.2, 0.25) is 0 Å². The van der Waals surface area contributed by atoms with Crippen LogP contribution in [0.25, 0.3) is 0 Å². The van der Waals surface area contributed by atoms with Gasteiger partial charge < -0.3 is 5.11 Å². The van der Waals surface area contributed by atoms with Gasteiger partial charge in [-0.05, 0) is 24.5 Å². The van der Waals surface area contributed by atoms with Crippen molar-refractivity contribution in [3.8, 4) is 0 Å². The molecule has 0 aliphatic rings. The molecule has 1 rings (SSSR count). The van der Waals surface area contributed by atoms with E-state index in [1.165, 1.54) is 0 Å². The topological polar surface area (TPSA) is 20.2 Å². The largest absolute Gasteiger partial charge is 0.388 e. The van der Waals surface area contributed by atoms with E-state index in [1.807, 2.05) is 25.1 Å². The van der Waals surface area contributed by atoms with Crippen LogP contribution < -0.4 is 0 Å². The van der Waals surface area contributed by atoms with Gasteiger partial charge in [0.15, 0.2) is 0 Å². The van der Waals surface area contributed by atoms with E-state index in [2.05, 4.69) is 22.5 Å². The molecule has 0 saturated heterocycles. The van der Waals surface area contributed by atoms with Gasteiger partial charge in [0.25, 0.3) is 0 Å². The van der Waals surface area contributed by atoms with Gasteiger partial charge in [-0.25, -0.2) is 0 Å².